The zero-order valence-corrected chi connectivity index (χ0v) is 22.3. The summed E-state index contributed by atoms with van der Waals surface area (Å²) < 4.78 is 5.47. The molecule has 6 rings (SSSR count). The van der Waals surface area contributed by atoms with Gasteiger partial charge in [0.1, 0.15) is 11.6 Å². The van der Waals surface area contributed by atoms with Crippen LogP contribution in [0, 0.1) is 0 Å². The number of benzene rings is 4. The topological polar surface area (TPSA) is 70.5 Å². The van der Waals surface area contributed by atoms with Gasteiger partial charge in [0.15, 0.2) is 0 Å². The van der Waals surface area contributed by atoms with Crippen LogP contribution in [0.1, 0.15) is 33.7 Å². The van der Waals surface area contributed by atoms with Crippen molar-refractivity contribution in [1.29, 1.82) is 0 Å². The normalized spacial score (nSPS) is 15.2. The third-order valence-electron chi connectivity index (χ3n) is 7.58. The molecule has 0 fully saturated rings. The van der Waals surface area contributed by atoms with E-state index in [1.165, 1.54) is 27.5 Å². The van der Waals surface area contributed by atoms with Gasteiger partial charge >= 0.3 is 0 Å². The molecule has 6 nitrogen and oxygen atoms in total. The molecule has 6 heteroatoms. The molecule has 2 N–H and O–H groups in total. The number of aromatic nitrogens is 2. The van der Waals surface area contributed by atoms with E-state index in [1.807, 2.05) is 30.3 Å². The SMILES string of the molecule is COc1cc(CO)ccc1CNc1ccc(-c2ccc3c(c2)CN(C)CC3c2ccc3ccccc3c2)nn1. The molecule has 1 unspecified atom stereocenters. The molecule has 0 bridgehead atoms. The van der Waals surface area contributed by atoms with Crippen molar-refractivity contribution in [2.45, 2.75) is 25.6 Å². The molecule has 0 radical (unpaired) electrons. The molecule has 0 saturated heterocycles. The van der Waals surface area contributed by atoms with Gasteiger partial charge in [0.2, 0.25) is 0 Å². The number of aliphatic hydroxyl groups excluding tert-OH is 1. The van der Waals surface area contributed by atoms with E-state index < -0.39 is 0 Å². The van der Waals surface area contributed by atoms with E-state index in [1.54, 1.807) is 7.11 Å². The highest BCUT2D eigenvalue weighted by Crippen LogP contribution is 2.36. The van der Waals surface area contributed by atoms with Crippen molar-refractivity contribution < 1.29 is 9.84 Å². The molecule has 0 aliphatic carbocycles. The van der Waals surface area contributed by atoms with Gasteiger partial charge in [0.05, 0.1) is 19.4 Å². The van der Waals surface area contributed by atoms with Crippen molar-refractivity contribution in [2.75, 3.05) is 26.0 Å². The first-order valence-electron chi connectivity index (χ1n) is 13.3. The van der Waals surface area contributed by atoms with Crippen molar-refractivity contribution in [2.24, 2.45) is 0 Å². The third-order valence-corrected chi connectivity index (χ3v) is 7.58. The molecule has 1 aromatic heterocycles. The lowest BCUT2D eigenvalue weighted by molar-refractivity contribution is 0.281. The van der Waals surface area contributed by atoms with Crippen molar-refractivity contribution in [3.63, 3.8) is 0 Å². The first-order valence-corrected chi connectivity index (χ1v) is 13.3. The Bertz CT molecular complexity index is 1620. The molecule has 5 aromatic rings. The van der Waals surface area contributed by atoms with Crippen molar-refractivity contribution in [3.8, 4) is 17.0 Å². The van der Waals surface area contributed by atoms with Crippen LogP contribution < -0.4 is 10.1 Å². The average molecular weight is 517 g/mol. The summed E-state index contributed by atoms with van der Waals surface area (Å²) in [5.41, 5.74) is 7.80. The molecule has 196 valence electrons. The monoisotopic (exact) mass is 516 g/mol. The summed E-state index contributed by atoms with van der Waals surface area (Å²) in [7, 11) is 3.82. The van der Waals surface area contributed by atoms with Crippen molar-refractivity contribution >= 4 is 16.6 Å². The lowest BCUT2D eigenvalue weighted by Gasteiger charge is -2.33. The summed E-state index contributed by atoms with van der Waals surface area (Å²) in [5.74, 6) is 1.76. The molecule has 0 saturated carbocycles. The Balaban J connectivity index is 1.21. The molecular weight excluding hydrogens is 484 g/mol. The second-order valence-corrected chi connectivity index (χ2v) is 10.2. The minimum Gasteiger partial charge on any atom is -0.496 e. The van der Waals surface area contributed by atoms with Gasteiger partial charge < -0.3 is 20.1 Å². The largest absolute Gasteiger partial charge is 0.496 e. The first-order chi connectivity index (χ1) is 19.1. The van der Waals surface area contributed by atoms with Crippen LogP contribution in [0.25, 0.3) is 22.0 Å². The van der Waals surface area contributed by atoms with Crippen molar-refractivity contribution in [1.82, 2.24) is 15.1 Å². The van der Waals surface area contributed by atoms with Gasteiger partial charge in [-0.1, -0.05) is 66.7 Å². The quantitative estimate of drug-likeness (QED) is 0.277. The van der Waals surface area contributed by atoms with Gasteiger partial charge in [0, 0.05) is 36.7 Å². The number of fused-ring (bicyclic) bond motifs is 2. The molecule has 39 heavy (non-hydrogen) atoms. The minimum atomic E-state index is -0.0138. The maximum Gasteiger partial charge on any atom is 0.148 e. The number of nitrogens with zero attached hydrogens (tertiary/aromatic N) is 3. The van der Waals surface area contributed by atoms with Gasteiger partial charge in [-0.3, -0.25) is 0 Å². The number of hydrogen-bond donors (Lipinski definition) is 2. The number of anilines is 1. The number of ether oxygens (including phenoxy) is 1. The number of likely N-dealkylation sites (N-methyl/N-ethyl adjacent to an activating group) is 1. The van der Waals surface area contributed by atoms with E-state index in [2.05, 4.69) is 88.1 Å². The highest BCUT2D eigenvalue weighted by atomic mass is 16.5. The fraction of sp³-hybridized carbons (Fsp3) is 0.212. The molecule has 0 amide bonds. The lowest BCUT2D eigenvalue weighted by atomic mass is 9.83. The number of aliphatic hydroxyl groups is 1. The molecule has 1 aliphatic heterocycles. The Hall–Kier alpha value is -4.26. The van der Waals surface area contributed by atoms with Crippen molar-refractivity contribution in [3.05, 3.63) is 119 Å². The van der Waals surface area contributed by atoms with Crippen LogP contribution in [-0.4, -0.2) is 40.9 Å². The second-order valence-electron chi connectivity index (χ2n) is 10.2. The smallest absolute Gasteiger partial charge is 0.148 e. The van der Waals surface area contributed by atoms with Crippen LogP contribution in [-0.2, 0) is 19.7 Å². The number of nitrogens with one attached hydrogen (secondary N) is 1. The Morgan fingerprint density at radius 3 is 2.59 bits per heavy atom. The highest BCUT2D eigenvalue weighted by Gasteiger charge is 2.25. The van der Waals surface area contributed by atoms with Gasteiger partial charge in [-0.15, -0.1) is 10.2 Å². The van der Waals surface area contributed by atoms with E-state index in [9.17, 15) is 5.11 Å². The van der Waals surface area contributed by atoms with Crippen LogP contribution in [0.15, 0.2) is 91.0 Å². The van der Waals surface area contributed by atoms with E-state index in [4.69, 9.17) is 4.74 Å². The van der Waals surface area contributed by atoms with Crippen LogP contribution >= 0.6 is 0 Å². The predicted octanol–water partition coefficient (Wildman–Crippen LogP) is 5.99. The molecule has 1 atom stereocenters. The third kappa shape index (κ3) is 5.21. The molecule has 2 heterocycles. The second kappa shape index (κ2) is 10.8. The fourth-order valence-electron chi connectivity index (χ4n) is 5.52. The molecule has 1 aliphatic rings. The van der Waals surface area contributed by atoms with Gasteiger partial charge in [0.25, 0.3) is 0 Å². The van der Waals surface area contributed by atoms with E-state index >= 15 is 0 Å². The van der Waals surface area contributed by atoms with Gasteiger partial charge in [-0.05, 0) is 64.3 Å². The van der Waals surface area contributed by atoms with Crippen LogP contribution in [0.5, 0.6) is 5.75 Å². The van der Waals surface area contributed by atoms with E-state index in [-0.39, 0.29) is 6.61 Å². The number of methoxy groups -OCH3 is 1. The van der Waals surface area contributed by atoms with Gasteiger partial charge in [-0.25, -0.2) is 0 Å². The fourth-order valence-corrected chi connectivity index (χ4v) is 5.52. The molecular formula is C33H32N4O2. The zero-order chi connectivity index (χ0) is 26.8. The summed E-state index contributed by atoms with van der Waals surface area (Å²) in [6, 6.07) is 31.8. The summed E-state index contributed by atoms with van der Waals surface area (Å²) in [6.45, 7) is 2.44. The van der Waals surface area contributed by atoms with Crippen LogP contribution in [0.2, 0.25) is 0 Å². The number of rotatable bonds is 7. The van der Waals surface area contributed by atoms with E-state index in [0.29, 0.717) is 18.3 Å². The Morgan fingerprint density at radius 2 is 1.79 bits per heavy atom. The number of hydrogen-bond acceptors (Lipinski definition) is 6. The van der Waals surface area contributed by atoms with Crippen LogP contribution in [0.4, 0.5) is 5.82 Å². The summed E-state index contributed by atoms with van der Waals surface area (Å²) in [5, 5.41) is 24.2. The van der Waals surface area contributed by atoms with Crippen LogP contribution in [0.3, 0.4) is 0 Å². The average Bonchev–Trinajstić information content (AvgIpc) is 2.99. The Kier molecular flexibility index (Phi) is 6.97. The summed E-state index contributed by atoms with van der Waals surface area (Å²) in [4.78, 5) is 2.39. The first kappa shape index (κ1) is 25.0. The summed E-state index contributed by atoms with van der Waals surface area (Å²) in [6.07, 6.45) is 0. The lowest BCUT2D eigenvalue weighted by Crippen LogP contribution is -2.31. The maximum absolute atomic E-state index is 9.36. The standard InChI is InChI=1S/C33H32N4O2/c1-37-19-28-17-26(11-12-29(28)30(20-37)25-10-9-23-5-3-4-6-24(23)16-25)31-13-14-33(36-35-31)34-18-27-8-7-22(21-38)15-32(27)39-2/h3-17,30,38H,18-21H2,1-2H3,(H,34,36). The zero-order valence-electron chi connectivity index (χ0n) is 22.3. The van der Waals surface area contributed by atoms with Gasteiger partial charge in [-0.2, -0.15) is 0 Å². The highest BCUT2D eigenvalue weighted by molar-refractivity contribution is 5.83. The van der Waals surface area contributed by atoms with E-state index in [0.717, 1.165) is 41.2 Å². The minimum absolute atomic E-state index is 0.0138. The molecule has 0 spiro atoms. The maximum atomic E-state index is 9.36. The Labute approximate surface area is 228 Å². The Morgan fingerprint density at radius 1 is 0.923 bits per heavy atom. The predicted molar refractivity (Wildman–Crippen MR) is 156 cm³/mol. The summed E-state index contributed by atoms with van der Waals surface area (Å²) >= 11 is 0. The molecule has 4 aromatic carbocycles.